The van der Waals surface area contributed by atoms with Crippen molar-refractivity contribution in [1.82, 2.24) is 14.8 Å². The third-order valence-corrected chi connectivity index (χ3v) is 7.09. The van der Waals surface area contributed by atoms with Crippen molar-refractivity contribution in [3.63, 3.8) is 0 Å². The number of aromatic nitrogens is 1. The molecule has 0 radical (unpaired) electrons. The summed E-state index contributed by atoms with van der Waals surface area (Å²) in [6.07, 6.45) is 2.91. The average molecular weight is 551 g/mol. The number of carboxylic acids is 1. The van der Waals surface area contributed by atoms with Crippen LogP contribution in [0.15, 0.2) is 42.6 Å². The number of carbonyl (C=O) groups is 4. The Kier molecular flexibility index (Phi) is 8.73. The molecule has 40 heavy (non-hydrogen) atoms. The standard InChI is InChI=1S/C29H34N4O7/c1-17(2)21-13-22(25(35)14-24(21)34)29(40)32-11-9-18-12-19(5-6-23(18)32)31-26(36)7-8-27(37)33(16-28(38)39)20-4-3-10-30-15-20/h5-6,9,11-14,17,20,30,34-35H,3-4,7-8,10,15-16H2,1-2H3,(H,31,36)(H,38,39). The molecule has 1 aromatic heterocycles. The number of aliphatic carboxylic acids is 1. The number of hydrogen-bond donors (Lipinski definition) is 5. The molecule has 11 heteroatoms. The van der Waals surface area contributed by atoms with Gasteiger partial charge in [-0.2, -0.15) is 0 Å². The minimum Gasteiger partial charge on any atom is -0.508 e. The normalized spacial score (nSPS) is 15.2. The van der Waals surface area contributed by atoms with Gasteiger partial charge in [-0.25, -0.2) is 0 Å². The van der Waals surface area contributed by atoms with Crippen LogP contribution in [0.3, 0.4) is 0 Å². The molecule has 2 amide bonds. The molecular formula is C29H34N4O7. The Labute approximate surface area is 231 Å². The number of piperidine rings is 1. The molecule has 2 aromatic carbocycles. The minimum absolute atomic E-state index is 0.0560. The van der Waals surface area contributed by atoms with Crippen LogP contribution in [-0.4, -0.2) is 74.2 Å². The first kappa shape index (κ1) is 28.6. The summed E-state index contributed by atoms with van der Waals surface area (Å²) in [5, 5.41) is 36.3. The fourth-order valence-corrected chi connectivity index (χ4v) is 5.01. The Balaban J connectivity index is 1.43. The number of carboxylic acid groups (broad SMARTS) is 1. The monoisotopic (exact) mass is 550 g/mol. The number of carbonyl (C=O) groups excluding carboxylic acids is 3. The number of phenols is 2. The van der Waals surface area contributed by atoms with Gasteiger partial charge in [0, 0.05) is 48.8 Å². The zero-order valence-corrected chi connectivity index (χ0v) is 22.5. The van der Waals surface area contributed by atoms with E-state index in [0.717, 1.165) is 13.0 Å². The van der Waals surface area contributed by atoms with Crippen LogP contribution in [0.1, 0.15) is 61.4 Å². The van der Waals surface area contributed by atoms with Gasteiger partial charge in [-0.3, -0.25) is 23.7 Å². The Morgan fingerprint density at radius 2 is 1.85 bits per heavy atom. The Hall–Kier alpha value is -4.38. The van der Waals surface area contributed by atoms with Gasteiger partial charge in [0.2, 0.25) is 11.8 Å². The van der Waals surface area contributed by atoms with Gasteiger partial charge in [0.15, 0.2) is 0 Å². The average Bonchev–Trinajstić information content (AvgIpc) is 3.33. The summed E-state index contributed by atoms with van der Waals surface area (Å²) < 4.78 is 1.38. The largest absolute Gasteiger partial charge is 0.508 e. The van der Waals surface area contributed by atoms with Gasteiger partial charge in [0.25, 0.3) is 5.91 Å². The lowest BCUT2D eigenvalue weighted by Crippen LogP contribution is -2.50. The number of hydrogen-bond acceptors (Lipinski definition) is 7. The first-order valence-electron chi connectivity index (χ1n) is 13.3. The van der Waals surface area contributed by atoms with Crippen LogP contribution in [0, 0.1) is 0 Å². The molecule has 1 fully saturated rings. The lowest BCUT2D eigenvalue weighted by atomic mass is 9.98. The number of nitrogens with one attached hydrogen (secondary N) is 2. The highest BCUT2D eigenvalue weighted by Crippen LogP contribution is 2.33. The van der Waals surface area contributed by atoms with E-state index < -0.39 is 24.3 Å². The van der Waals surface area contributed by atoms with Crippen molar-refractivity contribution in [3.8, 4) is 11.5 Å². The fourth-order valence-electron chi connectivity index (χ4n) is 5.01. The molecule has 2 heterocycles. The van der Waals surface area contributed by atoms with Crippen molar-refractivity contribution in [3.05, 3.63) is 53.7 Å². The molecule has 0 aliphatic carbocycles. The maximum absolute atomic E-state index is 13.3. The fraction of sp³-hybridized carbons (Fsp3) is 0.379. The zero-order chi connectivity index (χ0) is 29.0. The molecule has 1 unspecified atom stereocenters. The molecule has 0 saturated carbocycles. The Bertz CT molecular complexity index is 1440. The van der Waals surface area contributed by atoms with Crippen LogP contribution in [0.2, 0.25) is 0 Å². The van der Waals surface area contributed by atoms with Crippen LogP contribution in [-0.2, 0) is 14.4 Å². The van der Waals surface area contributed by atoms with Crippen molar-refractivity contribution < 1.29 is 34.5 Å². The number of benzene rings is 2. The van der Waals surface area contributed by atoms with Gasteiger partial charge in [0.05, 0.1) is 11.1 Å². The van der Waals surface area contributed by atoms with Crippen molar-refractivity contribution >= 4 is 40.3 Å². The Morgan fingerprint density at radius 1 is 1.07 bits per heavy atom. The summed E-state index contributed by atoms with van der Waals surface area (Å²) >= 11 is 0. The van der Waals surface area contributed by atoms with E-state index in [1.54, 1.807) is 30.5 Å². The summed E-state index contributed by atoms with van der Waals surface area (Å²) in [5.41, 5.74) is 1.63. The number of nitrogens with zero attached hydrogens (tertiary/aromatic N) is 2. The van der Waals surface area contributed by atoms with Crippen LogP contribution >= 0.6 is 0 Å². The molecule has 5 N–H and O–H groups in total. The highest BCUT2D eigenvalue weighted by molar-refractivity contribution is 6.05. The first-order valence-corrected chi connectivity index (χ1v) is 13.3. The van der Waals surface area contributed by atoms with Gasteiger partial charge in [0.1, 0.15) is 18.0 Å². The quantitative estimate of drug-likeness (QED) is 0.271. The predicted octanol–water partition coefficient (Wildman–Crippen LogP) is 3.25. The highest BCUT2D eigenvalue weighted by Gasteiger charge is 2.27. The van der Waals surface area contributed by atoms with E-state index >= 15 is 0 Å². The summed E-state index contributed by atoms with van der Waals surface area (Å²) in [7, 11) is 0. The van der Waals surface area contributed by atoms with Crippen molar-refractivity contribution in [2.75, 3.05) is 25.0 Å². The molecule has 1 aliphatic heterocycles. The first-order chi connectivity index (χ1) is 19.0. The number of rotatable bonds is 9. The summed E-state index contributed by atoms with van der Waals surface area (Å²) in [6, 6.07) is 9.14. The zero-order valence-electron chi connectivity index (χ0n) is 22.5. The van der Waals surface area contributed by atoms with Crippen LogP contribution in [0.5, 0.6) is 11.5 Å². The summed E-state index contributed by atoms with van der Waals surface area (Å²) in [5.74, 6) is -2.80. The molecule has 0 spiro atoms. The van der Waals surface area contributed by atoms with E-state index in [1.165, 1.54) is 21.6 Å². The highest BCUT2D eigenvalue weighted by atomic mass is 16.4. The lowest BCUT2D eigenvalue weighted by molar-refractivity contribution is -0.146. The number of amides is 2. The molecule has 212 valence electrons. The SMILES string of the molecule is CC(C)c1cc(C(=O)n2ccc3cc(NC(=O)CCC(=O)N(CC(=O)O)C4CCCNC4)ccc32)c(O)cc1O. The molecular weight excluding hydrogens is 516 g/mol. The minimum atomic E-state index is -1.09. The van der Waals surface area contributed by atoms with Crippen molar-refractivity contribution in [2.45, 2.75) is 51.5 Å². The van der Waals surface area contributed by atoms with Crippen molar-refractivity contribution in [2.24, 2.45) is 0 Å². The number of aromatic hydroxyl groups is 2. The van der Waals surface area contributed by atoms with Crippen LogP contribution in [0.25, 0.3) is 10.9 Å². The maximum Gasteiger partial charge on any atom is 0.323 e. The van der Waals surface area contributed by atoms with E-state index in [4.69, 9.17) is 0 Å². The summed E-state index contributed by atoms with van der Waals surface area (Å²) in [6.45, 7) is 4.70. The second kappa shape index (κ2) is 12.2. The second-order valence-electron chi connectivity index (χ2n) is 10.3. The second-order valence-corrected chi connectivity index (χ2v) is 10.3. The van der Waals surface area contributed by atoms with Gasteiger partial charge in [-0.15, -0.1) is 0 Å². The molecule has 1 saturated heterocycles. The van der Waals surface area contributed by atoms with E-state index in [0.29, 0.717) is 35.1 Å². The molecule has 1 atom stereocenters. The maximum atomic E-state index is 13.3. The van der Waals surface area contributed by atoms with Gasteiger partial charge < -0.3 is 30.9 Å². The smallest absolute Gasteiger partial charge is 0.323 e. The lowest BCUT2D eigenvalue weighted by Gasteiger charge is -2.33. The van der Waals surface area contributed by atoms with Gasteiger partial charge in [-0.05, 0) is 61.2 Å². The third-order valence-electron chi connectivity index (χ3n) is 7.09. The molecule has 1 aliphatic rings. The van der Waals surface area contributed by atoms with Crippen molar-refractivity contribution in [1.29, 1.82) is 0 Å². The third kappa shape index (κ3) is 6.42. The van der Waals surface area contributed by atoms with E-state index in [1.807, 2.05) is 13.8 Å². The molecule has 0 bridgehead atoms. The van der Waals surface area contributed by atoms with E-state index in [-0.39, 0.29) is 47.8 Å². The van der Waals surface area contributed by atoms with Gasteiger partial charge >= 0.3 is 5.97 Å². The van der Waals surface area contributed by atoms with Crippen LogP contribution in [0.4, 0.5) is 5.69 Å². The number of fused-ring (bicyclic) bond motifs is 1. The van der Waals surface area contributed by atoms with E-state index in [2.05, 4.69) is 10.6 Å². The van der Waals surface area contributed by atoms with Crippen LogP contribution < -0.4 is 10.6 Å². The summed E-state index contributed by atoms with van der Waals surface area (Å²) in [4.78, 5) is 51.3. The predicted molar refractivity (Wildman–Crippen MR) is 149 cm³/mol. The number of phenolic OH excluding ortho intramolecular Hbond substituents is 2. The number of anilines is 1. The van der Waals surface area contributed by atoms with Gasteiger partial charge in [-0.1, -0.05) is 13.8 Å². The molecule has 11 nitrogen and oxygen atoms in total. The Morgan fingerprint density at radius 3 is 2.52 bits per heavy atom. The molecule has 4 rings (SSSR count). The topological polar surface area (TPSA) is 161 Å². The molecule has 3 aromatic rings. The van der Waals surface area contributed by atoms with E-state index in [9.17, 15) is 34.5 Å².